The Morgan fingerprint density at radius 1 is 1.26 bits per heavy atom. The molecule has 0 spiro atoms. The Bertz CT molecular complexity index is 1290. The predicted octanol–water partition coefficient (Wildman–Crippen LogP) is 5.64. The molecule has 0 bridgehead atoms. The van der Waals surface area contributed by atoms with Crippen LogP contribution in [0.3, 0.4) is 0 Å². The van der Waals surface area contributed by atoms with E-state index in [4.69, 9.17) is 8.83 Å². The van der Waals surface area contributed by atoms with Crippen molar-refractivity contribution in [2.75, 3.05) is 0 Å². The van der Waals surface area contributed by atoms with E-state index in [-0.39, 0.29) is 0 Å². The fourth-order valence-corrected chi connectivity index (χ4v) is 3.77. The van der Waals surface area contributed by atoms with Crippen molar-refractivity contribution in [1.29, 1.82) is 5.26 Å². The molecule has 4 rings (SSSR count). The number of aryl methyl sites for hydroxylation is 1. The van der Waals surface area contributed by atoms with Crippen LogP contribution in [0.2, 0.25) is 0 Å². The van der Waals surface area contributed by atoms with Crippen LogP contribution < -0.4 is 5.63 Å². The van der Waals surface area contributed by atoms with Crippen LogP contribution in [-0.4, -0.2) is 4.98 Å². The second-order valence-electron chi connectivity index (χ2n) is 5.79. The number of thiazole rings is 1. The zero-order chi connectivity index (χ0) is 19.0. The quantitative estimate of drug-likeness (QED) is 0.305. The topological polar surface area (TPSA) is 80.0 Å². The van der Waals surface area contributed by atoms with Gasteiger partial charge in [0.15, 0.2) is 0 Å². The smallest absolute Gasteiger partial charge is 0.345 e. The summed E-state index contributed by atoms with van der Waals surface area (Å²) in [7, 11) is 0. The van der Waals surface area contributed by atoms with Crippen molar-refractivity contribution in [3.8, 4) is 17.3 Å². The zero-order valence-electron chi connectivity index (χ0n) is 14.0. The largest absolute Gasteiger partial charge is 0.462 e. The van der Waals surface area contributed by atoms with Gasteiger partial charge >= 0.3 is 5.63 Å². The Morgan fingerprint density at radius 2 is 2.11 bits per heavy atom. The van der Waals surface area contributed by atoms with Crippen LogP contribution in [0.4, 0.5) is 0 Å². The molecule has 0 aliphatic heterocycles. The molecule has 0 radical (unpaired) electrons. The third kappa shape index (κ3) is 3.50. The number of aromatic nitrogens is 1. The van der Waals surface area contributed by atoms with Gasteiger partial charge in [-0.05, 0) is 43.3 Å². The van der Waals surface area contributed by atoms with Gasteiger partial charge in [0, 0.05) is 21.3 Å². The van der Waals surface area contributed by atoms with E-state index in [9.17, 15) is 10.1 Å². The summed E-state index contributed by atoms with van der Waals surface area (Å²) in [6, 6.07) is 12.9. The van der Waals surface area contributed by atoms with Crippen molar-refractivity contribution < 1.29 is 8.83 Å². The second-order valence-corrected chi connectivity index (χ2v) is 7.56. The Labute approximate surface area is 166 Å². The van der Waals surface area contributed by atoms with Gasteiger partial charge in [-0.2, -0.15) is 5.26 Å². The van der Waals surface area contributed by atoms with Crippen LogP contribution in [0.25, 0.3) is 33.9 Å². The van der Waals surface area contributed by atoms with Crippen molar-refractivity contribution in [2.24, 2.45) is 0 Å². The fraction of sp³-hybridized carbons (Fsp3) is 0.0500. The Hall–Kier alpha value is -2.95. The third-order valence-electron chi connectivity index (χ3n) is 3.87. The summed E-state index contributed by atoms with van der Waals surface area (Å²) in [5.41, 5.74) is 1.24. The van der Waals surface area contributed by atoms with Crippen molar-refractivity contribution in [2.45, 2.75) is 6.92 Å². The fourth-order valence-electron chi connectivity index (χ4n) is 2.61. The molecule has 0 N–H and O–H groups in total. The van der Waals surface area contributed by atoms with E-state index in [0.29, 0.717) is 33.2 Å². The van der Waals surface area contributed by atoms with Gasteiger partial charge in [0.2, 0.25) is 0 Å². The Kier molecular flexibility index (Phi) is 4.52. The number of fused-ring (bicyclic) bond motifs is 1. The summed E-state index contributed by atoms with van der Waals surface area (Å²) in [5, 5.41) is 12.5. The molecule has 0 saturated heterocycles. The van der Waals surface area contributed by atoms with Gasteiger partial charge in [0.05, 0.1) is 16.8 Å². The summed E-state index contributed by atoms with van der Waals surface area (Å²) < 4.78 is 11.8. The second kappa shape index (κ2) is 6.99. The highest BCUT2D eigenvalue weighted by atomic mass is 79.9. The van der Waals surface area contributed by atoms with Crippen molar-refractivity contribution in [1.82, 2.24) is 4.98 Å². The maximum absolute atomic E-state index is 12.4. The molecular weight excluding hydrogens is 428 g/mol. The molecule has 3 heterocycles. The number of halogens is 1. The lowest BCUT2D eigenvalue weighted by atomic mass is 10.1. The summed E-state index contributed by atoms with van der Waals surface area (Å²) in [6.07, 6.45) is 1.63. The normalized spacial score (nSPS) is 11.7. The molecule has 0 fully saturated rings. The highest BCUT2D eigenvalue weighted by Crippen LogP contribution is 2.28. The van der Waals surface area contributed by atoms with E-state index in [1.165, 1.54) is 11.3 Å². The maximum Gasteiger partial charge on any atom is 0.345 e. The molecule has 0 saturated carbocycles. The van der Waals surface area contributed by atoms with Gasteiger partial charge in [-0.15, -0.1) is 11.3 Å². The zero-order valence-corrected chi connectivity index (χ0v) is 16.4. The summed E-state index contributed by atoms with van der Waals surface area (Å²) in [5.74, 6) is 1.34. The highest BCUT2D eigenvalue weighted by Gasteiger charge is 2.14. The van der Waals surface area contributed by atoms with Gasteiger partial charge in [-0.3, -0.25) is 0 Å². The van der Waals surface area contributed by atoms with Crippen LogP contribution in [0.5, 0.6) is 0 Å². The number of benzene rings is 1. The molecule has 4 aromatic rings. The molecule has 5 nitrogen and oxygen atoms in total. The first-order valence-electron chi connectivity index (χ1n) is 7.91. The van der Waals surface area contributed by atoms with Gasteiger partial charge < -0.3 is 8.83 Å². The number of hydrogen-bond acceptors (Lipinski definition) is 6. The Balaban J connectivity index is 1.77. The molecule has 0 amide bonds. The minimum absolute atomic E-state index is 0.356. The number of nitriles is 1. The number of furan rings is 1. The number of hydrogen-bond donors (Lipinski definition) is 0. The molecule has 0 aliphatic rings. The molecule has 132 valence electrons. The first-order chi connectivity index (χ1) is 13.0. The molecule has 3 aromatic heterocycles. The number of allylic oxidation sites excluding steroid dienone is 1. The van der Waals surface area contributed by atoms with Crippen LogP contribution in [-0.2, 0) is 0 Å². The van der Waals surface area contributed by atoms with Gasteiger partial charge in [0.1, 0.15) is 28.2 Å². The van der Waals surface area contributed by atoms with Gasteiger partial charge in [0.25, 0.3) is 0 Å². The summed E-state index contributed by atoms with van der Waals surface area (Å²) >= 11 is 4.70. The van der Waals surface area contributed by atoms with Crippen molar-refractivity contribution >= 4 is 49.9 Å². The Morgan fingerprint density at radius 3 is 2.85 bits per heavy atom. The lowest BCUT2D eigenvalue weighted by Gasteiger charge is -2.00. The first kappa shape index (κ1) is 17.5. The molecule has 0 unspecified atom stereocenters. The number of rotatable bonds is 3. The van der Waals surface area contributed by atoms with E-state index in [0.717, 1.165) is 15.6 Å². The van der Waals surface area contributed by atoms with E-state index >= 15 is 0 Å². The van der Waals surface area contributed by atoms with Gasteiger partial charge in [-0.1, -0.05) is 15.9 Å². The third-order valence-corrected chi connectivity index (χ3v) is 5.24. The SMILES string of the molecule is Cc1ccc(/C=C(\C#N)c2nc(-c3cc4cc(Br)ccc4oc3=O)cs2)o1. The molecule has 27 heavy (non-hydrogen) atoms. The van der Waals surface area contributed by atoms with E-state index in [1.807, 2.05) is 25.1 Å². The standard InChI is InChI=1S/C20H11BrN2O3S/c1-11-2-4-15(25-11)7-13(9-22)19-23-17(10-27-19)16-8-12-6-14(21)3-5-18(12)26-20(16)24/h2-8,10H,1H3/b13-7+. The van der Waals surface area contributed by atoms with Crippen LogP contribution in [0.15, 0.2) is 59.9 Å². The van der Waals surface area contributed by atoms with Gasteiger partial charge in [-0.25, -0.2) is 9.78 Å². The molecule has 7 heteroatoms. The summed E-state index contributed by atoms with van der Waals surface area (Å²) in [4.78, 5) is 16.8. The van der Waals surface area contributed by atoms with Crippen LogP contribution in [0, 0.1) is 18.3 Å². The molecule has 0 aliphatic carbocycles. The minimum atomic E-state index is -0.467. The minimum Gasteiger partial charge on any atom is -0.462 e. The van der Waals surface area contributed by atoms with Crippen molar-refractivity contribution in [3.05, 3.63) is 73.2 Å². The predicted molar refractivity (Wildman–Crippen MR) is 108 cm³/mol. The number of nitrogens with zero attached hydrogens (tertiary/aromatic N) is 2. The van der Waals surface area contributed by atoms with E-state index in [2.05, 4.69) is 27.0 Å². The average molecular weight is 439 g/mol. The lowest BCUT2D eigenvalue weighted by molar-refractivity contribution is 0.525. The molecular formula is C20H11BrN2O3S. The average Bonchev–Trinajstić information content (AvgIpc) is 3.28. The molecule has 0 atom stereocenters. The first-order valence-corrected chi connectivity index (χ1v) is 9.58. The highest BCUT2D eigenvalue weighted by molar-refractivity contribution is 9.10. The molecule has 1 aromatic carbocycles. The van der Waals surface area contributed by atoms with E-state index < -0.39 is 5.63 Å². The monoisotopic (exact) mass is 438 g/mol. The van der Waals surface area contributed by atoms with Crippen molar-refractivity contribution in [3.63, 3.8) is 0 Å². The van der Waals surface area contributed by atoms with Crippen LogP contribution >= 0.6 is 27.3 Å². The lowest BCUT2D eigenvalue weighted by Crippen LogP contribution is -2.02. The summed E-state index contributed by atoms with van der Waals surface area (Å²) in [6.45, 7) is 1.84. The van der Waals surface area contributed by atoms with E-state index in [1.54, 1.807) is 29.7 Å². The maximum atomic E-state index is 12.4. The van der Waals surface area contributed by atoms with Crippen LogP contribution in [0.1, 0.15) is 16.5 Å².